The van der Waals surface area contributed by atoms with E-state index in [1.165, 1.54) is 4.31 Å². The number of hydrogen-bond acceptors (Lipinski definition) is 3. The van der Waals surface area contributed by atoms with Gasteiger partial charge in [-0.2, -0.15) is 4.31 Å². The Balaban J connectivity index is 1.57. The van der Waals surface area contributed by atoms with Crippen LogP contribution in [0.3, 0.4) is 0 Å². The fourth-order valence-electron chi connectivity index (χ4n) is 4.74. The minimum atomic E-state index is -3.89. The summed E-state index contributed by atoms with van der Waals surface area (Å²) in [5, 5.41) is 5.10. The van der Waals surface area contributed by atoms with Crippen molar-refractivity contribution in [3.05, 3.63) is 113 Å². The van der Waals surface area contributed by atoms with Gasteiger partial charge in [0.05, 0.1) is 11.4 Å². The standard InChI is InChI=1S/C30H32N2O3S/c1-22-18-23(2)30(24(3)19-22)36(34,35)32(17-16-25-10-5-4-6-11-25)21-29(33)31-20-27-14-9-13-26-12-7-8-15-28(26)27/h4-15,18-19H,16-17,20-21H2,1-3H3,(H,31,33). The maximum absolute atomic E-state index is 13.8. The Kier molecular flexibility index (Phi) is 7.87. The molecular weight excluding hydrogens is 468 g/mol. The van der Waals surface area contributed by atoms with Gasteiger partial charge in [0.2, 0.25) is 15.9 Å². The summed E-state index contributed by atoms with van der Waals surface area (Å²) in [7, 11) is -3.89. The van der Waals surface area contributed by atoms with Crippen LogP contribution in [0, 0.1) is 20.8 Å². The van der Waals surface area contributed by atoms with Gasteiger partial charge >= 0.3 is 0 Å². The average molecular weight is 501 g/mol. The van der Waals surface area contributed by atoms with Gasteiger partial charge in [0.1, 0.15) is 0 Å². The summed E-state index contributed by atoms with van der Waals surface area (Å²) in [5.74, 6) is -0.331. The third kappa shape index (κ3) is 5.83. The van der Waals surface area contributed by atoms with E-state index in [4.69, 9.17) is 0 Å². The lowest BCUT2D eigenvalue weighted by Gasteiger charge is -2.24. The smallest absolute Gasteiger partial charge is 0.244 e. The molecule has 0 bridgehead atoms. The molecule has 186 valence electrons. The average Bonchev–Trinajstić information content (AvgIpc) is 2.85. The Labute approximate surface area is 213 Å². The van der Waals surface area contributed by atoms with Crippen LogP contribution in [0.25, 0.3) is 10.8 Å². The second kappa shape index (κ2) is 11.1. The molecule has 0 aliphatic carbocycles. The molecule has 0 radical (unpaired) electrons. The second-order valence-electron chi connectivity index (χ2n) is 9.22. The summed E-state index contributed by atoms with van der Waals surface area (Å²) in [5.41, 5.74) is 4.39. The van der Waals surface area contributed by atoms with E-state index in [1.54, 1.807) is 0 Å². The molecule has 0 saturated carbocycles. The molecule has 0 saturated heterocycles. The lowest BCUT2D eigenvalue weighted by Crippen LogP contribution is -2.42. The van der Waals surface area contributed by atoms with Crippen molar-refractivity contribution in [2.45, 2.75) is 38.6 Å². The van der Waals surface area contributed by atoms with Gasteiger partial charge in [0.15, 0.2) is 0 Å². The zero-order valence-corrected chi connectivity index (χ0v) is 21.8. The van der Waals surface area contributed by atoms with Crippen molar-refractivity contribution in [3.63, 3.8) is 0 Å². The van der Waals surface area contributed by atoms with Gasteiger partial charge in [-0.3, -0.25) is 4.79 Å². The number of fused-ring (bicyclic) bond motifs is 1. The highest BCUT2D eigenvalue weighted by Crippen LogP contribution is 2.26. The van der Waals surface area contributed by atoms with E-state index in [0.29, 0.717) is 24.1 Å². The van der Waals surface area contributed by atoms with Crippen molar-refractivity contribution in [1.29, 1.82) is 0 Å². The van der Waals surface area contributed by atoms with Crippen LogP contribution >= 0.6 is 0 Å². The van der Waals surface area contributed by atoms with Crippen LogP contribution in [0.5, 0.6) is 0 Å². The molecule has 0 spiro atoms. The molecule has 36 heavy (non-hydrogen) atoms. The highest BCUT2D eigenvalue weighted by Gasteiger charge is 2.29. The van der Waals surface area contributed by atoms with E-state index >= 15 is 0 Å². The lowest BCUT2D eigenvalue weighted by atomic mass is 10.0. The van der Waals surface area contributed by atoms with Crippen molar-refractivity contribution in [2.24, 2.45) is 0 Å². The third-order valence-corrected chi connectivity index (χ3v) is 8.52. The Hall–Kier alpha value is -3.48. The summed E-state index contributed by atoms with van der Waals surface area (Å²) in [4.78, 5) is 13.3. The van der Waals surface area contributed by atoms with Gasteiger partial charge in [0.25, 0.3) is 0 Å². The number of carbonyl (C=O) groups is 1. The van der Waals surface area contributed by atoms with Crippen molar-refractivity contribution < 1.29 is 13.2 Å². The number of amides is 1. The number of carbonyl (C=O) groups excluding carboxylic acids is 1. The highest BCUT2D eigenvalue weighted by molar-refractivity contribution is 7.89. The fourth-order valence-corrected chi connectivity index (χ4v) is 6.55. The molecule has 0 aliphatic rings. The quantitative estimate of drug-likeness (QED) is 0.338. The van der Waals surface area contributed by atoms with E-state index in [2.05, 4.69) is 5.32 Å². The number of rotatable bonds is 9. The molecular formula is C30H32N2O3S. The van der Waals surface area contributed by atoms with Crippen LogP contribution in [0.4, 0.5) is 0 Å². The number of hydrogen-bond donors (Lipinski definition) is 1. The Bertz CT molecular complexity index is 1450. The molecule has 6 heteroatoms. The minimum Gasteiger partial charge on any atom is -0.351 e. The topological polar surface area (TPSA) is 66.5 Å². The van der Waals surface area contributed by atoms with Crippen LogP contribution in [0.1, 0.15) is 27.8 Å². The minimum absolute atomic E-state index is 0.209. The van der Waals surface area contributed by atoms with E-state index in [0.717, 1.165) is 27.5 Å². The van der Waals surface area contributed by atoms with Crippen LogP contribution < -0.4 is 5.32 Å². The van der Waals surface area contributed by atoms with Gasteiger partial charge in [-0.1, -0.05) is 90.5 Å². The van der Waals surface area contributed by atoms with E-state index in [-0.39, 0.29) is 23.9 Å². The SMILES string of the molecule is Cc1cc(C)c(S(=O)(=O)N(CCc2ccccc2)CC(=O)NCc2cccc3ccccc23)c(C)c1. The van der Waals surface area contributed by atoms with Gasteiger partial charge < -0.3 is 5.32 Å². The Morgan fingerprint density at radius 3 is 2.19 bits per heavy atom. The number of benzene rings is 4. The zero-order chi connectivity index (χ0) is 25.7. The van der Waals surface area contributed by atoms with Gasteiger partial charge in [-0.25, -0.2) is 8.42 Å². The molecule has 4 aromatic rings. The van der Waals surface area contributed by atoms with Crippen LogP contribution in [0.2, 0.25) is 0 Å². The van der Waals surface area contributed by atoms with E-state index in [1.807, 2.05) is 106 Å². The number of nitrogens with zero attached hydrogens (tertiary/aromatic N) is 1. The first-order valence-electron chi connectivity index (χ1n) is 12.1. The maximum Gasteiger partial charge on any atom is 0.244 e. The third-order valence-electron chi connectivity index (χ3n) is 6.37. The van der Waals surface area contributed by atoms with Crippen molar-refractivity contribution in [2.75, 3.05) is 13.1 Å². The molecule has 0 aliphatic heterocycles. The first-order chi connectivity index (χ1) is 17.3. The number of sulfonamides is 1. The zero-order valence-electron chi connectivity index (χ0n) is 21.0. The molecule has 1 N–H and O–H groups in total. The van der Waals surface area contributed by atoms with Gasteiger partial charge in [-0.05, 0) is 60.2 Å². The number of nitrogens with one attached hydrogen (secondary N) is 1. The summed E-state index contributed by atoms with van der Waals surface area (Å²) in [6, 6.07) is 27.4. The number of aryl methyl sites for hydroxylation is 3. The summed E-state index contributed by atoms with van der Waals surface area (Å²) >= 11 is 0. The molecule has 0 aromatic heterocycles. The summed E-state index contributed by atoms with van der Waals surface area (Å²) < 4.78 is 29.0. The molecule has 0 heterocycles. The Morgan fingerprint density at radius 1 is 0.833 bits per heavy atom. The van der Waals surface area contributed by atoms with Gasteiger partial charge in [0, 0.05) is 13.1 Å². The fraction of sp³-hybridized carbons (Fsp3) is 0.233. The first kappa shape index (κ1) is 25.6. The second-order valence-corrected chi connectivity index (χ2v) is 11.1. The van der Waals surface area contributed by atoms with Crippen LogP contribution in [-0.4, -0.2) is 31.7 Å². The van der Waals surface area contributed by atoms with Crippen molar-refractivity contribution in [3.8, 4) is 0 Å². The van der Waals surface area contributed by atoms with Crippen LogP contribution in [-0.2, 0) is 27.8 Å². The lowest BCUT2D eigenvalue weighted by molar-refractivity contribution is -0.121. The van der Waals surface area contributed by atoms with Gasteiger partial charge in [-0.15, -0.1) is 0 Å². The molecule has 0 unspecified atom stereocenters. The molecule has 5 nitrogen and oxygen atoms in total. The normalized spacial score (nSPS) is 11.7. The summed E-state index contributed by atoms with van der Waals surface area (Å²) in [6.07, 6.45) is 0.515. The molecule has 1 amide bonds. The maximum atomic E-state index is 13.8. The van der Waals surface area contributed by atoms with E-state index < -0.39 is 10.0 Å². The molecule has 4 aromatic carbocycles. The molecule has 0 fully saturated rings. The largest absolute Gasteiger partial charge is 0.351 e. The Morgan fingerprint density at radius 2 is 1.47 bits per heavy atom. The van der Waals surface area contributed by atoms with Crippen LogP contribution in [0.15, 0.2) is 89.8 Å². The van der Waals surface area contributed by atoms with E-state index in [9.17, 15) is 13.2 Å². The monoisotopic (exact) mass is 500 g/mol. The summed E-state index contributed by atoms with van der Waals surface area (Å²) in [6.45, 7) is 5.86. The first-order valence-corrected chi connectivity index (χ1v) is 13.5. The predicted octanol–water partition coefficient (Wildman–Crippen LogP) is 5.31. The van der Waals surface area contributed by atoms with Crippen molar-refractivity contribution in [1.82, 2.24) is 9.62 Å². The predicted molar refractivity (Wildman–Crippen MR) is 145 cm³/mol. The van der Waals surface area contributed by atoms with Crippen molar-refractivity contribution >= 4 is 26.7 Å². The molecule has 0 atom stereocenters. The highest BCUT2D eigenvalue weighted by atomic mass is 32.2. The molecule has 4 rings (SSSR count).